The summed E-state index contributed by atoms with van der Waals surface area (Å²) in [6, 6.07) is 9.47. The molecule has 0 aliphatic carbocycles. The number of nitrogens with zero attached hydrogens (tertiary/aromatic N) is 1. The summed E-state index contributed by atoms with van der Waals surface area (Å²) in [7, 11) is -3.32. The average Bonchev–Trinajstić information content (AvgIpc) is 2.53. The van der Waals surface area contributed by atoms with Gasteiger partial charge in [-0.1, -0.05) is 44.2 Å². The van der Waals surface area contributed by atoms with Crippen molar-refractivity contribution in [3.05, 3.63) is 35.9 Å². The van der Waals surface area contributed by atoms with Gasteiger partial charge in [-0.05, 0) is 24.8 Å². The third-order valence-electron chi connectivity index (χ3n) is 3.32. The summed E-state index contributed by atoms with van der Waals surface area (Å²) in [6.07, 6.45) is 1.01. The van der Waals surface area contributed by atoms with Crippen LogP contribution in [0.3, 0.4) is 0 Å². The lowest BCUT2D eigenvalue weighted by Crippen LogP contribution is -2.41. The molecule has 1 aromatic rings. The summed E-state index contributed by atoms with van der Waals surface area (Å²) in [4.78, 5) is 4.45. The number of nitrogens with one attached hydrogen (secondary N) is 3. The van der Waals surface area contributed by atoms with E-state index in [0.717, 1.165) is 25.1 Å². The Morgan fingerprint density at radius 2 is 1.84 bits per heavy atom. The molecule has 0 amide bonds. The van der Waals surface area contributed by atoms with Gasteiger partial charge in [-0.15, -0.1) is 24.0 Å². The Balaban J connectivity index is 0.00000576. The minimum Gasteiger partial charge on any atom is -0.357 e. The van der Waals surface area contributed by atoms with Gasteiger partial charge >= 0.3 is 0 Å². The van der Waals surface area contributed by atoms with Crippen LogP contribution in [0.4, 0.5) is 0 Å². The molecular weight excluding hydrogens is 451 g/mol. The van der Waals surface area contributed by atoms with Crippen LogP contribution >= 0.6 is 24.0 Å². The van der Waals surface area contributed by atoms with Crippen molar-refractivity contribution in [2.24, 2.45) is 10.9 Å². The Morgan fingerprint density at radius 3 is 2.44 bits per heavy atom. The van der Waals surface area contributed by atoms with E-state index in [4.69, 9.17) is 0 Å². The van der Waals surface area contributed by atoms with Gasteiger partial charge < -0.3 is 10.6 Å². The Morgan fingerprint density at radius 1 is 1.16 bits per heavy atom. The molecule has 0 aliphatic rings. The van der Waals surface area contributed by atoms with E-state index in [9.17, 15) is 8.42 Å². The lowest BCUT2D eigenvalue weighted by molar-refractivity contribution is 0.579. The van der Waals surface area contributed by atoms with Crippen LogP contribution in [0.15, 0.2) is 35.3 Å². The molecule has 0 unspecified atom stereocenters. The normalized spacial score (nSPS) is 11.9. The first-order valence-electron chi connectivity index (χ1n) is 8.46. The standard InChI is InChI=1S/C17H30N4O2S.HI/c1-4-18-17(19-11-10-15(2)3)20-12-13-24(22,23)21-14-16-8-6-5-7-9-16;/h5-9,15,21H,4,10-14H2,1-3H3,(H2,18,19,20);1H. The predicted octanol–water partition coefficient (Wildman–Crippen LogP) is 2.33. The van der Waals surface area contributed by atoms with Crippen molar-refractivity contribution in [1.82, 2.24) is 15.4 Å². The highest BCUT2D eigenvalue weighted by Gasteiger charge is 2.10. The van der Waals surface area contributed by atoms with Crippen LogP contribution in [0.1, 0.15) is 32.8 Å². The molecule has 8 heteroatoms. The van der Waals surface area contributed by atoms with E-state index < -0.39 is 10.0 Å². The third-order valence-corrected chi connectivity index (χ3v) is 4.65. The van der Waals surface area contributed by atoms with Crippen LogP contribution in [0, 0.1) is 5.92 Å². The predicted molar refractivity (Wildman–Crippen MR) is 116 cm³/mol. The summed E-state index contributed by atoms with van der Waals surface area (Å²) in [5.74, 6) is 1.27. The van der Waals surface area contributed by atoms with Crippen molar-refractivity contribution in [1.29, 1.82) is 0 Å². The van der Waals surface area contributed by atoms with Crippen molar-refractivity contribution < 1.29 is 8.42 Å². The zero-order valence-electron chi connectivity index (χ0n) is 15.3. The van der Waals surface area contributed by atoms with Gasteiger partial charge in [0.05, 0.1) is 5.75 Å². The molecule has 0 bridgehead atoms. The molecule has 144 valence electrons. The van der Waals surface area contributed by atoms with Crippen LogP contribution in [0.5, 0.6) is 0 Å². The van der Waals surface area contributed by atoms with E-state index in [1.807, 2.05) is 37.3 Å². The minimum atomic E-state index is -3.32. The number of hydrogen-bond acceptors (Lipinski definition) is 3. The quantitative estimate of drug-likeness (QED) is 0.272. The fourth-order valence-electron chi connectivity index (χ4n) is 1.94. The fraction of sp³-hybridized carbons (Fsp3) is 0.588. The Bertz CT molecular complexity index is 592. The zero-order chi connectivity index (χ0) is 17.8. The highest BCUT2D eigenvalue weighted by Crippen LogP contribution is 1.99. The van der Waals surface area contributed by atoms with Crippen LogP contribution in [-0.2, 0) is 16.6 Å². The van der Waals surface area contributed by atoms with Crippen LogP contribution in [0.2, 0.25) is 0 Å². The van der Waals surface area contributed by atoms with Crippen LogP contribution in [0.25, 0.3) is 0 Å². The molecule has 0 saturated heterocycles. The summed E-state index contributed by atoms with van der Waals surface area (Å²) < 4.78 is 26.7. The Kier molecular flexibility index (Phi) is 12.9. The van der Waals surface area contributed by atoms with Gasteiger partial charge in [-0.25, -0.2) is 13.1 Å². The largest absolute Gasteiger partial charge is 0.357 e. The lowest BCUT2D eigenvalue weighted by Gasteiger charge is -2.12. The second-order valence-corrected chi connectivity index (χ2v) is 7.92. The Labute approximate surface area is 169 Å². The number of guanidine groups is 1. The molecular formula is C17H31IN4O2S. The lowest BCUT2D eigenvalue weighted by atomic mass is 10.1. The first-order chi connectivity index (χ1) is 11.4. The highest BCUT2D eigenvalue weighted by molar-refractivity contribution is 14.0. The first kappa shape index (κ1) is 24.1. The molecule has 1 rings (SSSR count). The van der Waals surface area contributed by atoms with Crippen molar-refractivity contribution in [2.75, 3.05) is 25.4 Å². The molecule has 3 N–H and O–H groups in total. The van der Waals surface area contributed by atoms with E-state index in [0.29, 0.717) is 25.0 Å². The van der Waals surface area contributed by atoms with Crippen molar-refractivity contribution in [2.45, 2.75) is 33.7 Å². The van der Waals surface area contributed by atoms with Gasteiger partial charge in [0.1, 0.15) is 0 Å². The third kappa shape index (κ3) is 12.2. The molecule has 0 atom stereocenters. The van der Waals surface area contributed by atoms with Gasteiger partial charge in [-0.2, -0.15) is 0 Å². The van der Waals surface area contributed by atoms with E-state index in [1.54, 1.807) is 0 Å². The van der Waals surface area contributed by atoms with Gasteiger partial charge in [0.2, 0.25) is 10.0 Å². The number of rotatable bonds is 10. The molecule has 1 aromatic carbocycles. The molecule has 0 aliphatic heterocycles. The van der Waals surface area contributed by atoms with E-state index in [1.165, 1.54) is 0 Å². The summed E-state index contributed by atoms with van der Waals surface area (Å²) in [5, 5.41) is 6.19. The van der Waals surface area contributed by atoms with Crippen molar-refractivity contribution >= 4 is 40.0 Å². The maximum atomic E-state index is 12.0. The van der Waals surface area contributed by atoms with Gasteiger partial charge in [0.25, 0.3) is 0 Å². The number of benzene rings is 1. The minimum absolute atomic E-state index is 0. The first-order valence-corrected chi connectivity index (χ1v) is 10.1. The molecule has 0 spiro atoms. The van der Waals surface area contributed by atoms with Gasteiger partial charge in [-0.3, -0.25) is 4.99 Å². The van der Waals surface area contributed by atoms with Crippen molar-refractivity contribution in [3.63, 3.8) is 0 Å². The van der Waals surface area contributed by atoms with Gasteiger partial charge in [0, 0.05) is 26.2 Å². The van der Waals surface area contributed by atoms with Crippen LogP contribution in [-0.4, -0.2) is 39.8 Å². The molecule has 0 aromatic heterocycles. The zero-order valence-corrected chi connectivity index (χ0v) is 18.4. The highest BCUT2D eigenvalue weighted by atomic mass is 127. The van der Waals surface area contributed by atoms with E-state index in [2.05, 4.69) is 34.2 Å². The summed E-state index contributed by atoms with van der Waals surface area (Å²) >= 11 is 0. The number of sulfonamides is 1. The summed E-state index contributed by atoms with van der Waals surface area (Å²) in [5.41, 5.74) is 0.942. The van der Waals surface area contributed by atoms with Crippen molar-refractivity contribution in [3.8, 4) is 0 Å². The molecule has 0 heterocycles. The maximum Gasteiger partial charge on any atom is 0.213 e. The molecule has 6 nitrogen and oxygen atoms in total. The average molecular weight is 482 g/mol. The smallest absolute Gasteiger partial charge is 0.213 e. The van der Waals surface area contributed by atoms with E-state index >= 15 is 0 Å². The number of hydrogen-bond donors (Lipinski definition) is 3. The van der Waals surface area contributed by atoms with Crippen LogP contribution < -0.4 is 15.4 Å². The number of halogens is 1. The monoisotopic (exact) mass is 482 g/mol. The van der Waals surface area contributed by atoms with E-state index in [-0.39, 0.29) is 29.7 Å². The SMILES string of the molecule is CCNC(=NCCC(C)C)NCCS(=O)(=O)NCc1ccccc1.I. The topological polar surface area (TPSA) is 82.6 Å². The van der Waals surface area contributed by atoms with Gasteiger partial charge in [0.15, 0.2) is 5.96 Å². The maximum absolute atomic E-state index is 12.0. The fourth-order valence-corrected chi connectivity index (χ4v) is 2.84. The second kappa shape index (κ2) is 13.3. The molecule has 0 saturated carbocycles. The second-order valence-electron chi connectivity index (χ2n) is 6.00. The number of aliphatic imine (C=N–C) groups is 1. The molecule has 0 radical (unpaired) electrons. The summed E-state index contributed by atoms with van der Waals surface area (Å²) in [6.45, 7) is 8.39. The molecule has 25 heavy (non-hydrogen) atoms. The Hall–Kier alpha value is -0.870. The molecule has 0 fully saturated rings.